The minimum absolute atomic E-state index is 0.0332. The van der Waals surface area contributed by atoms with Crippen molar-refractivity contribution in [2.45, 2.75) is 6.54 Å². The molecular weight excluding hydrogens is 347 g/mol. The lowest BCUT2D eigenvalue weighted by Gasteiger charge is -2.18. The molecule has 0 aliphatic heterocycles. The molecule has 0 atom stereocenters. The molecule has 0 radical (unpaired) electrons. The monoisotopic (exact) mass is 366 g/mol. The Bertz CT molecular complexity index is 755. The van der Waals surface area contributed by atoms with Gasteiger partial charge in [-0.2, -0.15) is 0 Å². The van der Waals surface area contributed by atoms with Gasteiger partial charge in [-0.05, 0) is 31.3 Å². The first kappa shape index (κ1) is 19.0. The van der Waals surface area contributed by atoms with Crippen molar-refractivity contribution in [2.24, 2.45) is 0 Å². The number of rotatable bonds is 7. The molecule has 1 N–H and O–H groups in total. The standard InChI is InChI=1S/C18H20ClFN2O3/c1-22(10-12-4-6-14(24-2)9-17(12)25-3)11-18(23)21-13-5-7-16(20)15(19)8-13/h4-9H,10-11H2,1-3H3,(H,21,23). The largest absolute Gasteiger partial charge is 0.497 e. The van der Waals surface area contributed by atoms with E-state index < -0.39 is 5.82 Å². The van der Waals surface area contributed by atoms with Gasteiger partial charge < -0.3 is 14.8 Å². The van der Waals surface area contributed by atoms with E-state index in [9.17, 15) is 9.18 Å². The van der Waals surface area contributed by atoms with Gasteiger partial charge >= 0.3 is 0 Å². The highest BCUT2D eigenvalue weighted by Gasteiger charge is 2.12. The first-order valence-corrected chi connectivity index (χ1v) is 7.95. The maximum Gasteiger partial charge on any atom is 0.238 e. The van der Waals surface area contributed by atoms with Gasteiger partial charge in [-0.15, -0.1) is 0 Å². The van der Waals surface area contributed by atoms with Gasteiger partial charge in [0.15, 0.2) is 0 Å². The van der Waals surface area contributed by atoms with Crippen LogP contribution >= 0.6 is 11.6 Å². The van der Waals surface area contributed by atoms with Crippen LogP contribution in [0.3, 0.4) is 0 Å². The lowest BCUT2D eigenvalue weighted by molar-refractivity contribution is -0.117. The van der Waals surface area contributed by atoms with Crippen LogP contribution in [0, 0.1) is 5.82 Å². The Kier molecular flexibility index (Phi) is 6.61. The summed E-state index contributed by atoms with van der Waals surface area (Å²) in [5.74, 6) is 0.646. The average molecular weight is 367 g/mol. The quantitative estimate of drug-likeness (QED) is 0.814. The molecule has 0 aliphatic rings. The maximum atomic E-state index is 13.1. The van der Waals surface area contributed by atoms with Gasteiger partial charge in [0, 0.05) is 23.9 Å². The third-order valence-corrected chi connectivity index (χ3v) is 3.84. The van der Waals surface area contributed by atoms with Crippen molar-refractivity contribution in [3.8, 4) is 11.5 Å². The van der Waals surface area contributed by atoms with Crippen molar-refractivity contribution in [3.63, 3.8) is 0 Å². The number of amides is 1. The lowest BCUT2D eigenvalue weighted by Crippen LogP contribution is -2.30. The molecule has 134 valence electrons. The number of hydrogen-bond acceptors (Lipinski definition) is 4. The van der Waals surface area contributed by atoms with Gasteiger partial charge in [0.25, 0.3) is 0 Å². The van der Waals surface area contributed by atoms with Crippen LogP contribution in [0.5, 0.6) is 11.5 Å². The van der Waals surface area contributed by atoms with Crippen LogP contribution in [-0.4, -0.2) is 38.6 Å². The smallest absolute Gasteiger partial charge is 0.238 e. The SMILES string of the molecule is COc1ccc(CN(C)CC(=O)Nc2ccc(F)c(Cl)c2)c(OC)c1. The number of halogens is 2. The summed E-state index contributed by atoms with van der Waals surface area (Å²) in [6, 6.07) is 9.58. The van der Waals surface area contributed by atoms with Crippen molar-refractivity contribution >= 4 is 23.2 Å². The van der Waals surface area contributed by atoms with E-state index in [2.05, 4.69) is 5.32 Å². The molecule has 25 heavy (non-hydrogen) atoms. The van der Waals surface area contributed by atoms with Gasteiger partial charge in [0.2, 0.25) is 5.91 Å². The zero-order valence-corrected chi connectivity index (χ0v) is 15.1. The van der Waals surface area contributed by atoms with Crippen molar-refractivity contribution in [2.75, 3.05) is 33.1 Å². The van der Waals surface area contributed by atoms with Crippen molar-refractivity contribution in [1.82, 2.24) is 4.90 Å². The van der Waals surface area contributed by atoms with E-state index in [1.165, 1.54) is 18.2 Å². The molecule has 0 saturated heterocycles. The zero-order valence-electron chi connectivity index (χ0n) is 14.3. The summed E-state index contributed by atoms with van der Waals surface area (Å²) in [6.07, 6.45) is 0. The number of hydrogen-bond donors (Lipinski definition) is 1. The van der Waals surface area contributed by atoms with E-state index in [4.69, 9.17) is 21.1 Å². The van der Waals surface area contributed by atoms with Gasteiger partial charge in [0.1, 0.15) is 17.3 Å². The summed E-state index contributed by atoms with van der Waals surface area (Å²) in [5, 5.41) is 2.66. The van der Waals surface area contributed by atoms with Gasteiger partial charge in [-0.3, -0.25) is 9.69 Å². The highest BCUT2D eigenvalue weighted by atomic mass is 35.5. The molecule has 0 saturated carbocycles. The summed E-state index contributed by atoms with van der Waals surface area (Å²) in [4.78, 5) is 14.0. The molecular formula is C18H20ClFN2O3. The van der Waals surface area contributed by atoms with Crippen LogP contribution in [-0.2, 0) is 11.3 Å². The fourth-order valence-corrected chi connectivity index (χ4v) is 2.53. The van der Waals surface area contributed by atoms with Crippen molar-refractivity contribution in [1.29, 1.82) is 0 Å². The molecule has 5 nitrogen and oxygen atoms in total. The summed E-state index contributed by atoms with van der Waals surface area (Å²) in [7, 11) is 5.00. The summed E-state index contributed by atoms with van der Waals surface area (Å²) >= 11 is 5.71. The predicted octanol–water partition coefficient (Wildman–Crippen LogP) is 3.57. The fourth-order valence-electron chi connectivity index (χ4n) is 2.35. The zero-order chi connectivity index (χ0) is 18.4. The molecule has 0 fully saturated rings. The predicted molar refractivity (Wildman–Crippen MR) is 95.9 cm³/mol. The van der Waals surface area contributed by atoms with Gasteiger partial charge in [-0.25, -0.2) is 4.39 Å². The number of ether oxygens (including phenoxy) is 2. The summed E-state index contributed by atoms with van der Waals surface area (Å²) in [5.41, 5.74) is 1.38. The van der Waals surface area contributed by atoms with E-state index in [0.29, 0.717) is 23.7 Å². The number of nitrogens with one attached hydrogen (secondary N) is 1. The normalized spacial score (nSPS) is 10.6. The molecule has 0 unspecified atom stereocenters. The number of methoxy groups -OCH3 is 2. The molecule has 2 aromatic carbocycles. The van der Waals surface area contributed by atoms with Crippen LogP contribution in [0.4, 0.5) is 10.1 Å². The molecule has 0 aromatic heterocycles. The minimum Gasteiger partial charge on any atom is -0.497 e. The minimum atomic E-state index is -0.525. The second kappa shape index (κ2) is 8.69. The van der Waals surface area contributed by atoms with E-state index in [-0.39, 0.29) is 17.5 Å². The highest BCUT2D eigenvalue weighted by Crippen LogP contribution is 2.25. The molecule has 0 spiro atoms. The Labute approximate surface area is 151 Å². The summed E-state index contributed by atoms with van der Waals surface area (Å²) in [6.45, 7) is 0.676. The van der Waals surface area contributed by atoms with Crippen LogP contribution < -0.4 is 14.8 Å². The Morgan fingerprint density at radius 1 is 1.20 bits per heavy atom. The van der Waals surface area contributed by atoms with Crippen LogP contribution in [0.15, 0.2) is 36.4 Å². The molecule has 0 aliphatic carbocycles. The van der Waals surface area contributed by atoms with Gasteiger partial charge in [0.05, 0.1) is 25.8 Å². The number of carbonyl (C=O) groups is 1. The lowest BCUT2D eigenvalue weighted by atomic mass is 10.2. The molecule has 2 rings (SSSR count). The van der Waals surface area contributed by atoms with E-state index in [1.807, 2.05) is 24.1 Å². The molecule has 0 heterocycles. The number of likely N-dealkylation sites (N-methyl/N-ethyl adjacent to an activating group) is 1. The maximum absolute atomic E-state index is 13.1. The first-order valence-electron chi connectivity index (χ1n) is 7.57. The van der Waals surface area contributed by atoms with Crippen LogP contribution in [0.25, 0.3) is 0 Å². The summed E-state index contributed by atoms with van der Waals surface area (Å²) < 4.78 is 23.7. The third-order valence-electron chi connectivity index (χ3n) is 3.55. The van der Waals surface area contributed by atoms with Crippen LogP contribution in [0.1, 0.15) is 5.56 Å². The Morgan fingerprint density at radius 3 is 2.60 bits per heavy atom. The van der Waals surface area contributed by atoms with E-state index in [0.717, 1.165) is 5.56 Å². The Hall–Kier alpha value is -2.31. The first-order chi connectivity index (χ1) is 11.9. The van der Waals surface area contributed by atoms with Gasteiger partial charge in [-0.1, -0.05) is 17.7 Å². The molecule has 7 heteroatoms. The second-order valence-corrected chi connectivity index (χ2v) is 5.93. The Morgan fingerprint density at radius 2 is 1.96 bits per heavy atom. The topological polar surface area (TPSA) is 50.8 Å². The highest BCUT2D eigenvalue weighted by molar-refractivity contribution is 6.31. The van der Waals surface area contributed by atoms with E-state index >= 15 is 0 Å². The number of anilines is 1. The Balaban J connectivity index is 1.96. The number of carbonyl (C=O) groups excluding carboxylic acids is 1. The van der Waals surface area contributed by atoms with Crippen molar-refractivity contribution < 1.29 is 18.7 Å². The second-order valence-electron chi connectivity index (χ2n) is 5.53. The van der Waals surface area contributed by atoms with Crippen molar-refractivity contribution in [3.05, 3.63) is 52.8 Å². The number of nitrogens with zero attached hydrogens (tertiary/aromatic N) is 1. The molecule has 1 amide bonds. The molecule has 2 aromatic rings. The third kappa shape index (κ3) is 5.34. The molecule has 0 bridgehead atoms. The number of benzene rings is 2. The van der Waals surface area contributed by atoms with E-state index in [1.54, 1.807) is 20.3 Å². The van der Waals surface area contributed by atoms with Crippen LogP contribution in [0.2, 0.25) is 5.02 Å². The fraction of sp³-hybridized carbons (Fsp3) is 0.278. The average Bonchev–Trinajstić information content (AvgIpc) is 2.58.